The minimum absolute atomic E-state index is 0.00585. The van der Waals surface area contributed by atoms with Gasteiger partial charge in [-0.25, -0.2) is 4.79 Å². The summed E-state index contributed by atoms with van der Waals surface area (Å²) in [5.74, 6) is -0.900. The first kappa shape index (κ1) is 13.9. The summed E-state index contributed by atoms with van der Waals surface area (Å²) in [5, 5.41) is 0.769. The monoisotopic (exact) mass is 300 g/mol. The molecule has 0 aliphatic carbocycles. The van der Waals surface area contributed by atoms with Crippen LogP contribution in [0.25, 0.3) is 5.57 Å². The van der Waals surface area contributed by atoms with E-state index in [-0.39, 0.29) is 6.61 Å². The lowest BCUT2D eigenvalue weighted by Crippen LogP contribution is -2.17. The fraction of sp³-hybridized carbons (Fsp3) is 0.231. The highest BCUT2D eigenvalue weighted by Crippen LogP contribution is 2.29. The summed E-state index contributed by atoms with van der Waals surface area (Å²) in [6, 6.07) is 4.87. The molecule has 0 unspecified atom stereocenters. The topological polar surface area (TPSA) is 52.6 Å². The number of carbonyl (C=O) groups excluding carboxylic acids is 2. The molecular weight excluding hydrogens is 291 g/mol. The Balaban J connectivity index is 2.18. The summed E-state index contributed by atoms with van der Waals surface area (Å²) >= 11 is 11.7. The Hall–Kier alpha value is -1.52. The van der Waals surface area contributed by atoms with Crippen molar-refractivity contribution < 1.29 is 19.1 Å². The van der Waals surface area contributed by atoms with Crippen LogP contribution in [0, 0.1) is 0 Å². The van der Waals surface area contributed by atoms with Gasteiger partial charge in [0.25, 0.3) is 0 Å². The zero-order valence-electron chi connectivity index (χ0n) is 9.98. The maximum Gasteiger partial charge on any atom is 0.339 e. The fourth-order valence-corrected chi connectivity index (χ4v) is 1.95. The summed E-state index contributed by atoms with van der Waals surface area (Å²) in [5.41, 5.74) is 1.00. The molecule has 1 aliphatic heterocycles. The molecule has 0 bridgehead atoms. The minimum Gasteiger partial charge on any atom is -0.462 e. The molecule has 0 fully saturated rings. The van der Waals surface area contributed by atoms with Crippen molar-refractivity contribution >= 4 is 40.7 Å². The predicted molar refractivity (Wildman–Crippen MR) is 71.0 cm³/mol. The summed E-state index contributed by atoms with van der Waals surface area (Å²) in [6.07, 6.45) is 1.03. The van der Waals surface area contributed by atoms with E-state index in [0.717, 1.165) is 0 Å². The second kappa shape index (κ2) is 5.63. The highest BCUT2D eigenvalue weighted by atomic mass is 35.5. The first-order chi connectivity index (χ1) is 8.97. The van der Waals surface area contributed by atoms with E-state index < -0.39 is 18.0 Å². The molecule has 6 heteroatoms. The smallest absolute Gasteiger partial charge is 0.339 e. The van der Waals surface area contributed by atoms with Crippen molar-refractivity contribution in [3.63, 3.8) is 0 Å². The summed E-state index contributed by atoms with van der Waals surface area (Å²) in [4.78, 5) is 22.4. The Labute approximate surface area is 119 Å². The summed E-state index contributed by atoms with van der Waals surface area (Å²) < 4.78 is 9.86. The molecule has 1 aromatic rings. The van der Waals surface area contributed by atoms with Gasteiger partial charge in [-0.1, -0.05) is 29.3 Å². The van der Waals surface area contributed by atoms with Crippen LogP contribution in [0.2, 0.25) is 10.0 Å². The summed E-state index contributed by atoms with van der Waals surface area (Å²) in [6.45, 7) is 1.30. The maximum atomic E-state index is 11.7. The third-order valence-corrected chi connectivity index (χ3v) is 3.25. The molecule has 0 N–H and O–H groups in total. The van der Waals surface area contributed by atoms with Gasteiger partial charge in [0, 0.05) is 6.92 Å². The van der Waals surface area contributed by atoms with Crippen molar-refractivity contribution in [3.05, 3.63) is 39.9 Å². The third-order valence-electron chi connectivity index (χ3n) is 2.51. The number of ether oxygens (including phenoxy) is 2. The van der Waals surface area contributed by atoms with Crippen LogP contribution in [0.4, 0.5) is 0 Å². The number of hydrogen-bond acceptors (Lipinski definition) is 4. The third kappa shape index (κ3) is 3.28. The highest BCUT2D eigenvalue weighted by molar-refractivity contribution is 6.42. The van der Waals surface area contributed by atoms with Crippen LogP contribution in [0.1, 0.15) is 12.5 Å². The van der Waals surface area contributed by atoms with Crippen molar-refractivity contribution in [1.82, 2.24) is 0 Å². The number of rotatable bonds is 3. The van der Waals surface area contributed by atoms with E-state index in [1.54, 1.807) is 24.3 Å². The largest absolute Gasteiger partial charge is 0.462 e. The second-order valence-electron chi connectivity index (χ2n) is 3.96. The van der Waals surface area contributed by atoms with Crippen LogP contribution in [0.5, 0.6) is 0 Å². The van der Waals surface area contributed by atoms with Gasteiger partial charge in [-0.2, -0.15) is 0 Å². The maximum absolute atomic E-state index is 11.7. The molecule has 1 aromatic carbocycles. The lowest BCUT2D eigenvalue weighted by molar-refractivity contribution is -0.149. The van der Waals surface area contributed by atoms with Crippen molar-refractivity contribution in [2.24, 2.45) is 0 Å². The molecule has 0 saturated heterocycles. The van der Waals surface area contributed by atoms with Gasteiger partial charge in [0.1, 0.15) is 6.61 Å². The Bertz CT molecular complexity index is 566. The van der Waals surface area contributed by atoms with Gasteiger partial charge in [-0.15, -0.1) is 0 Å². The predicted octanol–water partition coefficient (Wildman–Crippen LogP) is 2.87. The fourth-order valence-electron chi connectivity index (χ4n) is 1.65. The van der Waals surface area contributed by atoms with E-state index in [1.165, 1.54) is 6.92 Å². The van der Waals surface area contributed by atoms with E-state index in [9.17, 15) is 9.59 Å². The van der Waals surface area contributed by atoms with E-state index in [1.807, 2.05) is 0 Å². The second-order valence-corrected chi connectivity index (χ2v) is 4.77. The van der Waals surface area contributed by atoms with Crippen LogP contribution in [0.3, 0.4) is 0 Å². The van der Waals surface area contributed by atoms with Gasteiger partial charge in [0.15, 0.2) is 6.10 Å². The standard InChI is InChI=1S/C13H10Cl2O4/c1-7(16)18-6-9-5-10(13(17)19-9)8-2-3-11(14)12(15)4-8/h2-5,9H,6H2,1H3/t9-/m1/s1. The van der Waals surface area contributed by atoms with Gasteiger partial charge < -0.3 is 9.47 Å². The molecule has 0 spiro atoms. The van der Waals surface area contributed by atoms with Gasteiger partial charge in [0.2, 0.25) is 0 Å². The molecular formula is C13H10Cl2O4. The Morgan fingerprint density at radius 3 is 2.74 bits per heavy atom. The lowest BCUT2D eigenvalue weighted by Gasteiger charge is -2.07. The number of cyclic esters (lactones) is 1. The van der Waals surface area contributed by atoms with Crippen LogP contribution in [0.15, 0.2) is 24.3 Å². The molecule has 1 atom stereocenters. The van der Waals surface area contributed by atoms with Gasteiger partial charge >= 0.3 is 11.9 Å². The van der Waals surface area contributed by atoms with Crippen LogP contribution >= 0.6 is 23.2 Å². The molecule has 100 valence electrons. The molecule has 1 heterocycles. The number of benzene rings is 1. The quantitative estimate of drug-likeness (QED) is 0.806. The number of carbonyl (C=O) groups is 2. The van der Waals surface area contributed by atoms with Crippen molar-refractivity contribution in [1.29, 1.82) is 0 Å². The first-order valence-electron chi connectivity index (χ1n) is 5.49. The normalized spacial score (nSPS) is 17.9. The molecule has 0 aromatic heterocycles. The summed E-state index contributed by atoms with van der Waals surface area (Å²) in [7, 11) is 0. The Kier molecular flexibility index (Phi) is 4.12. The highest BCUT2D eigenvalue weighted by Gasteiger charge is 2.27. The number of esters is 2. The molecule has 0 amide bonds. The minimum atomic E-state index is -0.569. The van der Waals surface area contributed by atoms with E-state index in [0.29, 0.717) is 21.2 Å². The molecule has 1 aliphatic rings. The average Bonchev–Trinajstić information content (AvgIpc) is 2.72. The Morgan fingerprint density at radius 2 is 2.11 bits per heavy atom. The molecule has 19 heavy (non-hydrogen) atoms. The number of hydrogen-bond donors (Lipinski definition) is 0. The number of halogens is 2. The van der Waals surface area contributed by atoms with E-state index in [4.69, 9.17) is 32.7 Å². The zero-order valence-corrected chi connectivity index (χ0v) is 11.5. The molecule has 4 nitrogen and oxygen atoms in total. The zero-order chi connectivity index (χ0) is 14.0. The Morgan fingerprint density at radius 1 is 1.37 bits per heavy atom. The van der Waals surface area contributed by atoms with Crippen LogP contribution in [-0.4, -0.2) is 24.6 Å². The van der Waals surface area contributed by atoms with E-state index >= 15 is 0 Å². The van der Waals surface area contributed by atoms with Crippen LogP contribution in [-0.2, 0) is 19.1 Å². The SMILES string of the molecule is CC(=O)OC[C@H]1C=C(c2ccc(Cl)c(Cl)c2)C(=O)O1. The van der Waals surface area contributed by atoms with E-state index in [2.05, 4.69) is 0 Å². The van der Waals surface area contributed by atoms with Crippen LogP contribution < -0.4 is 0 Å². The van der Waals surface area contributed by atoms with Crippen molar-refractivity contribution in [2.45, 2.75) is 13.0 Å². The van der Waals surface area contributed by atoms with Gasteiger partial charge in [-0.05, 0) is 23.8 Å². The van der Waals surface area contributed by atoms with Crippen molar-refractivity contribution in [2.75, 3.05) is 6.61 Å². The first-order valence-corrected chi connectivity index (χ1v) is 6.24. The molecule has 0 radical (unpaired) electrons. The van der Waals surface area contributed by atoms with Gasteiger partial charge in [-0.3, -0.25) is 4.79 Å². The molecule has 0 saturated carbocycles. The van der Waals surface area contributed by atoms with Gasteiger partial charge in [0.05, 0.1) is 15.6 Å². The molecule has 2 rings (SSSR count). The average molecular weight is 301 g/mol. The van der Waals surface area contributed by atoms with Crippen molar-refractivity contribution in [3.8, 4) is 0 Å². The lowest BCUT2D eigenvalue weighted by atomic mass is 10.1.